The Bertz CT molecular complexity index is 802. The Kier molecular flexibility index (Phi) is 5.88. The monoisotopic (exact) mass is 380 g/mol. The molecule has 0 bridgehead atoms. The van der Waals surface area contributed by atoms with Gasteiger partial charge in [0.15, 0.2) is 0 Å². The maximum atomic E-state index is 13.2. The Hall–Kier alpha value is -2.44. The second-order valence-electron chi connectivity index (χ2n) is 7.60. The summed E-state index contributed by atoms with van der Waals surface area (Å²) in [7, 11) is 0. The second-order valence-corrected chi connectivity index (χ2v) is 7.60. The van der Waals surface area contributed by atoms with E-state index in [-0.39, 0.29) is 11.9 Å². The topological polar surface area (TPSA) is 71.7 Å². The second kappa shape index (κ2) is 8.71. The predicted octanol–water partition coefficient (Wildman–Crippen LogP) is 2.66. The third-order valence-corrected chi connectivity index (χ3v) is 5.76. The van der Waals surface area contributed by atoms with E-state index in [0.29, 0.717) is 5.69 Å². The lowest BCUT2D eigenvalue weighted by Crippen LogP contribution is -2.51. The Labute approximate surface area is 166 Å². The summed E-state index contributed by atoms with van der Waals surface area (Å²) in [6, 6.07) is 9.81. The summed E-state index contributed by atoms with van der Waals surface area (Å²) in [5.74, 6) is 0.128. The van der Waals surface area contributed by atoms with Crippen LogP contribution in [0.15, 0.2) is 42.7 Å². The van der Waals surface area contributed by atoms with Crippen molar-refractivity contribution in [3.8, 4) is 11.1 Å². The van der Waals surface area contributed by atoms with Crippen molar-refractivity contribution >= 4 is 11.6 Å². The molecule has 2 fully saturated rings. The van der Waals surface area contributed by atoms with Crippen molar-refractivity contribution in [2.75, 3.05) is 45.1 Å². The van der Waals surface area contributed by atoms with Crippen LogP contribution in [0.5, 0.6) is 0 Å². The van der Waals surface area contributed by atoms with Crippen LogP contribution in [0.3, 0.4) is 0 Å². The summed E-state index contributed by atoms with van der Waals surface area (Å²) < 4.78 is 5.45. The Morgan fingerprint density at radius 2 is 1.89 bits per heavy atom. The van der Waals surface area contributed by atoms with Crippen molar-refractivity contribution in [3.05, 3.63) is 48.3 Å². The summed E-state index contributed by atoms with van der Waals surface area (Å²) in [5.41, 5.74) is 9.34. The number of nitrogen functional groups attached to an aromatic ring is 1. The van der Waals surface area contributed by atoms with Gasteiger partial charge in [0.05, 0.1) is 13.2 Å². The molecule has 6 heteroatoms. The van der Waals surface area contributed by atoms with Crippen molar-refractivity contribution in [1.82, 2.24) is 14.8 Å². The zero-order valence-electron chi connectivity index (χ0n) is 16.2. The van der Waals surface area contributed by atoms with E-state index in [4.69, 9.17) is 10.5 Å². The van der Waals surface area contributed by atoms with Crippen LogP contribution in [0, 0.1) is 0 Å². The number of benzene rings is 1. The average molecular weight is 380 g/mol. The number of rotatable bonds is 4. The third-order valence-electron chi connectivity index (χ3n) is 5.76. The van der Waals surface area contributed by atoms with Crippen molar-refractivity contribution in [1.29, 1.82) is 0 Å². The molecule has 2 aliphatic rings. The molecule has 1 amide bonds. The number of pyridine rings is 1. The molecular formula is C22H28N4O2. The van der Waals surface area contributed by atoms with Crippen molar-refractivity contribution in [2.24, 2.45) is 0 Å². The molecule has 6 nitrogen and oxygen atoms in total. The molecule has 3 heterocycles. The number of amides is 1. The fourth-order valence-electron chi connectivity index (χ4n) is 4.14. The van der Waals surface area contributed by atoms with Crippen LogP contribution in [0.25, 0.3) is 11.1 Å². The zero-order valence-corrected chi connectivity index (χ0v) is 16.2. The molecule has 2 aromatic rings. The molecule has 4 rings (SSSR count). The highest BCUT2D eigenvalue weighted by atomic mass is 16.5. The van der Waals surface area contributed by atoms with Gasteiger partial charge < -0.3 is 15.4 Å². The van der Waals surface area contributed by atoms with Crippen LogP contribution < -0.4 is 5.73 Å². The molecule has 2 aliphatic heterocycles. The van der Waals surface area contributed by atoms with E-state index in [0.717, 1.165) is 68.9 Å². The van der Waals surface area contributed by atoms with Crippen LogP contribution in [0.4, 0.5) is 5.69 Å². The molecular weight excluding hydrogens is 352 g/mol. The van der Waals surface area contributed by atoms with Crippen LogP contribution in [-0.4, -0.2) is 66.1 Å². The molecule has 2 saturated heterocycles. The van der Waals surface area contributed by atoms with Gasteiger partial charge in [-0.05, 0) is 43.0 Å². The zero-order chi connectivity index (χ0) is 19.3. The highest BCUT2D eigenvalue weighted by molar-refractivity contribution is 5.95. The molecule has 1 atom stereocenters. The van der Waals surface area contributed by atoms with E-state index in [1.807, 2.05) is 24.3 Å². The predicted molar refractivity (Wildman–Crippen MR) is 110 cm³/mol. The van der Waals surface area contributed by atoms with Gasteiger partial charge in [0.2, 0.25) is 0 Å². The van der Waals surface area contributed by atoms with E-state index >= 15 is 0 Å². The Morgan fingerprint density at radius 3 is 2.64 bits per heavy atom. The molecule has 0 unspecified atom stereocenters. The van der Waals surface area contributed by atoms with Crippen molar-refractivity contribution in [2.45, 2.75) is 25.3 Å². The smallest absolute Gasteiger partial charge is 0.254 e. The molecule has 1 aromatic heterocycles. The highest BCUT2D eigenvalue weighted by Crippen LogP contribution is 2.26. The normalized spacial score (nSPS) is 20.9. The van der Waals surface area contributed by atoms with Gasteiger partial charge in [0, 0.05) is 61.4 Å². The number of hydrogen-bond donors (Lipinski definition) is 1. The number of carbonyl (C=O) groups is 1. The lowest BCUT2D eigenvalue weighted by molar-refractivity contribution is 0.0166. The molecule has 0 aliphatic carbocycles. The van der Waals surface area contributed by atoms with Gasteiger partial charge in [0.25, 0.3) is 5.91 Å². The van der Waals surface area contributed by atoms with Gasteiger partial charge in [-0.1, -0.05) is 12.1 Å². The molecule has 28 heavy (non-hydrogen) atoms. The fourth-order valence-corrected chi connectivity index (χ4v) is 4.14. The van der Waals surface area contributed by atoms with Gasteiger partial charge in [-0.2, -0.15) is 0 Å². The maximum Gasteiger partial charge on any atom is 0.254 e. The lowest BCUT2D eigenvalue weighted by Gasteiger charge is -2.39. The molecule has 148 valence electrons. The number of ether oxygens (including phenoxy) is 1. The van der Waals surface area contributed by atoms with Gasteiger partial charge in [-0.15, -0.1) is 0 Å². The minimum absolute atomic E-state index is 0.128. The summed E-state index contributed by atoms with van der Waals surface area (Å²) >= 11 is 0. The molecule has 0 radical (unpaired) electrons. The first-order chi connectivity index (χ1) is 13.7. The van der Waals surface area contributed by atoms with Gasteiger partial charge in [0.1, 0.15) is 0 Å². The SMILES string of the molecule is Nc1ccncc1-c1ccc(C(=O)N2CCCC[C@H]2CN2CCOCC2)cc1. The largest absolute Gasteiger partial charge is 0.398 e. The van der Waals surface area contributed by atoms with E-state index in [1.165, 1.54) is 6.42 Å². The number of aromatic nitrogens is 1. The van der Waals surface area contributed by atoms with Crippen LogP contribution in [0.1, 0.15) is 29.6 Å². The minimum atomic E-state index is 0.128. The third kappa shape index (κ3) is 4.18. The minimum Gasteiger partial charge on any atom is -0.398 e. The quantitative estimate of drug-likeness (QED) is 0.883. The van der Waals surface area contributed by atoms with Crippen LogP contribution in [-0.2, 0) is 4.74 Å². The number of nitrogens with two attached hydrogens (primary N) is 1. The first-order valence-corrected chi connectivity index (χ1v) is 10.1. The number of nitrogens with zero attached hydrogens (tertiary/aromatic N) is 3. The Balaban J connectivity index is 1.48. The molecule has 0 spiro atoms. The fraction of sp³-hybridized carbons (Fsp3) is 0.455. The van der Waals surface area contributed by atoms with Crippen LogP contribution >= 0.6 is 0 Å². The number of hydrogen-bond acceptors (Lipinski definition) is 5. The van der Waals surface area contributed by atoms with Gasteiger partial charge in [-0.25, -0.2) is 0 Å². The number of carbonyl (C=O) groups excluding carboxylic acids is 1. The lowest BCUT2D eigenvalue weighted by atomic mass is 9.99. The molecule has 1 aromatic carbocycles. The summed E-state index contributed by atoms with van der Waals surface area (Å²) in [4.78, 5) is 21.9. The number of anilines is 1. The summed E-state index contributed by atoms with van der Waals surface area (Å²) in [5, 5.41) is 0. The maximum absolute atomic E-state index is 13.2. The number of piperidine rings is 1. The first-order valence-electron chi connectivity index (χ1n) is 10.1. The first kappa shape index (κ1) is 18.9. The molecule has 0 saturated carbocycles. The summed E-state index contributed by atoms with van der Waals surface area (Å²) in [6.07, 6.45) is 6.79. The van der Waals surface area contributed by atoms with E-state index in [2.05, 4.69) is 14.8 Å². The van der Waals surface area contributed by atoms with E-state index in [9.17, 15) is 4.79 Å². The summed E-state index contributed by atoms with van der Waals surface area (Å²) in [6.45, 7) is 5.28. The molecule has 2 N–H and O–H groups in total. The van der Waals surface area contributed by atoms with Crippen molar-refractivity contribution < 1.29 is 9.53 Å². The number of morpholine rings is 1. The number of likely N-dealkylation sites (tertiary alicyclic amines) is 1. The van der Waals surface area contributed by atoms with Crippen molar-refractivity contribution in [3.63, 3.8) is 0 Å². The van der Waals surface area contributed by atoms with Gasteiger partial charge >= 0.3 is 0 Å². The van der Waals surface area contributed by atoms with Gasteiger partial charge in [-0.3, -0.25) is 14.7 Å². The van der Waals surface area contributed by atoms with Crippen LogP contribution in [0.2, 0.25) is 0 Å². The standard InChI is InChI=1S/C22H28N4O2/c23-21-8-9-24-15-20(21)17-4-6-18(7-5-17)22(27)26-10-2-1-3-19(26)16-25-11-13-28-14-12-25/h4-9,15,19H,1-3,10-14,16H2,(H2,23,24)/t19-/m0/s1. The highest BCUT2D eigenvalue weighted by Gasteiger charge is 2.29. The Morgan fingerprint density at radius 1 is 1.11 bits per heavy atom. The van der Waals surface area contributed by atoms with E-state index in [1.54, 1.807) is 18.5 Å². The van der Waals surface area contributed by atoms with E-state index < -0.39 is 0 Å². The average Bonchev–Trinajstić information content (AvgIpc) is 2.75.